The predicted molar refractivity (Wildman–Crippen MR) is 96.4 cm³/mol. The maximum absolute atomic E-state index is 13.1. The number of aromatic nitrogens is 4. The van der Waals surface area contributed by atoms with Crippen LogP contribution in [-0.2, 0) is 6.54 Å². The minimum atomic E-state index is 0.0723. The van der Waals surface area contributed by atoms with Gasteiger partial charge in [-0.3, -0.25) is 4.79 Å². The number of hydrogen-bond donors (Lipinski definition) is 0. The molecule has 1 unspecified atom stereocenters. The van der Waals surface area contributed by atoms with Gasteiger partial charge in [0.15, 0.2) is 0 Å². The van der Waals surface area contributed by atoms with Gasteiger partial charge in [0.25, 0.3) is 5.91 Å². The molecule has 0 bridgehead atoms. The molecule has 134 valence electrons. The van der Waals surface area contributed by atoms with E-state index in [0.29, 0.717) is 5.56 Å². The van der Waals surface area contributed by atoms with Gasteiger partial charge in [-0.05, 0) is 32.6 Å². The lowest BCUT2D eigenvalue weighted by molar-refractivity contribution is 0.0593. The summed E-state index contributed by atoms with van der Waals surface area (Å²) in [5.41, 5.74) is 1.42. The quantitative estimate of drug-likeness (QED) is 0.838. The van der Waals surface area contributed by atoms with Gasteiger partial charge in [-0.25, -0.2) is 15.0 Å². The van der Waals surface area contributed by atoms with Gasteiger partial charge in [0.05, 0.1) is 17.6 Å². The predicted octanol–water partition coefficient (Wildman–Crippen LogP) is 3.19. The molecular formula is C19H27N5O. The zero-order valence-electron chi connectivity index (χ0n) is 15.4. The zero-order valence-corrected chi connectivity index (χ0v) is 15.4. The highest BCUT2D eigenvalue weighted by atomic mass is 16.2. The van der Waals surface area contributed by atoms with Crippen LogP contribution in [0.3, 0.4) is 0 Å². The molecule has 0 N–H and O–H groups in total. The van der Waals surface area contributed by atoms with E-state index in [-0.39, 0.29) is 17.9 Å². The van der Waals surface area contributed by atoms with Gasteiger partial charge in [0, 0.05) is 43.6 Å². The topological polar surface area (TPSA) is 63.9 Å². The second-order valence-corrected chi connectivity index (χ2v) is 7.12. The normalized spacial score (nSPS) is 17.9. The summed E-state index contributed by atoms with van der Waals surface area (Å²) in [6.45, 7) is 7.74. The van der Waals surface area contributed by atoms with Crippen molar-refractivity contribution in [2.45, 2.75) is 65.0 Å². The van der Waals surface area contributed by atoms with Gasteiger partial charge in [-0.2, -0.15) is 0 Å². The van der Waals surface area contributed by atoms with Crippen LogP contribution in [0.15, 0.2) is 24.9 Å². The molecule has 1 fully saturated rings. The lowest BCUT2D eigenvalue weighted by Crippen LogP contribution is -2.44. The van der Waals surface area contributed by atoms with Crippen molar-refractivity contribution in [3.8, 4) is 0 Å². The Kier molecular flexibility index (Phi) is 5.46. The number of rotatable bonds is 5. The van der Waals surface area contributed by atoms with Gasteiger partial charge in [-0.1, -0.05) is 13.8 Å². The second-order valence-electron chi connectivity index (χ2n) is 7.12. The summed E-state index contributed by atoms with van der Waals surface area (Å²) in [7, 11) is 0. The smallest absolute Gasteiger partial charge is 0.257 e. The van der Waals surface area contributed by atoms with Crippen LogP contribution in [0, 0.1) is 6.92 Å². The van der Waals surface area contributed by atoms with E-state index in [1.165, 1.54) is 6.42 Å². The van der Waals surface area contributed by atoms with Crippen molar-refractivity contribution in [2.24, 2.45) is 0 Å². The van der Waals surface area contributed by atoms with Crippen molar-refractivity contribution in [1.29, 1.82) is 0 Å². The van der Waals surface area contributed by atoms with E-state index in [4.69, 9.17) is 0 Å². The van der Waals surface area contributed by atoms with Crippen molar-refractivity contribution in [1.82, 2.24) is 24.4 Å². The fourth-order valence-corrected chi connectivity index (χ4v) is 3.41. The van der Waals surface area contributed by atoms with Crippen LogP contribution < -0.4 is 0 Å². The number of nitrogens with zero attached hydrogens (tertiary/aromatic N) is 5. The first-order chi connectivity index (χ1) is 12.1. The van der Waals surface area contributed by atoms with Crippen molar-refractivity contribution in [3.63, 3.8) is 0 Å². The van der Waals surface area contributed by atoms with Crippen molar-refractivity contribution in [2.75, 3.05) is 6.54 Å². The minimum Gasteiger partial charge on any atom is -0.337 e. The van der Waals surface area contributed by atoms with Crippen LogP contribution in [0.5, 0.6) is 0 Å². The molecule has 0 radical (unpaired) electrons. The Morgan fingerprint density at radius 3 is 2.88 bits per heavy atom. The lowest BCUT2D eigenvalue weighted by Gasteiger charge is -2.36. The van der Waals surface area contributed by atoms with Gasteiger partial charge in [0.1, 0.15) is 5.82 Å². The van der Waals surface area contributed by atoms with E-state index in [1.54, 1.807) is 12.4 Å². The third-order valence-electron chi connectivity index (χ3n) is 4.91. The van der Waals surface area contributed by atoms with Crippen LogP contribution >= 0.6 is 0 Å². The van der Waals surface area contributed by atoms with Crippen molar-refractivity contribution >= 4 is 5.91 Å². The van der Waals surface area contributed by atoms with E-state index in [2.05, 4.69) is 33.4 Å². The third kappa shape index (κ3) is 4.06. The van der Waals surface area contributed by atoms with Gasteiger partial charge < -0.3 is 9.47 Å². The SMILES string of the molecule is Cc1nc(C(C)C)ncc1C(=O)N1CCCCC1CCn1ccnc1. The molecule has 2 aromatic rings. The van der Waals surface area contributed by atoms with E-state index >= 15 is 0 Å². The van der Waals surface area contributed by atoms with E-state index < -0.39 is 0 Å². The highest BCUT2D eigenvalue weighted by molar-refractivity contribution is 5.95. The van der Waals surface area contributed by atoms with Gasteiger partial charge >= 0.3 is 0 Å². The first-order valence-electron chi connectivity index (χ1n) is 9.16. The summed E-state index contributed by atoms with van der Waals surface area (Å²) < 4.78 is 2.07. The monoisotopic (exact) mass is 341 g/mol. The van der Waals surface area contributed by atoms with Crippen molar-refractivity contribution < 1.29 is 4.79 Å². The lowest BCUT2D eigenvalue weighted by atomic mass is 9.98. The highest BCUT2D eigenvalue weighted by Crippen LogP contribution is 2.23. The van der Waals surface area contributed by atoms with Gasteiger partial charge in [0.2, 0.25) is 0 Å². The molecule has 3 heterocycles. The van der Waals surface area contributed by atoms with Crippen LogP contribution in [0.4, 0.5) is 0 Å². The molecule has 1 aliphatic rings. The number of carbonyl (C=O) groups excluding carboxylic acids is 1. The molecule has 3 rings (SSSR count). The van der Waals surface area contributed by atoms with Crippen molar-refractivity contribution in [3.05, 3.63) is 42.0 Å². The number of aryl methyl sites for hydroxylation is 2. The molecule has 1 saturated heterocycles. The van der Waals surface area contributed by atoms with Crippen LogP contribution in [-0.4, -0.2) is 42.9 Å². The third-order valence-corrected chi connectivity index (χ3v) is 4.91. The molecule has 2 aromatic heterocycles. The molecule has 0 spiro atoms. The minimum absolute atomic E-state index is 0.0723. The molecule has 0 saturated carbocycles. The summed E-state index contributed by atoms with van der Waals surface area (Å²) in [5, 5.41) is 0. The molecule has 0 aromatic carbocycles. The standard InChI is InChI=1S/C19H27N5O/c1-14(2)18-21-12-17(15(3)22-18)19(25)24-9-5-4-6-16(24)7-10-23-11-8-20-13-23/h8,11-14,16H,4-7,9-10H2,1-3H3. The second kappa shape index (κ2) is 7.76. The molecule has 1 amide bonds. The molecule has 6 nitrogen and oxygen atoms in total. The van der Waals surface area contributed by atoms with Crippen LogP contribution in [0.2, 0.25) is 0 Å². The zero-order chi connectivity index (χ0) is 17.8. The van der Waals surface area contributed by atoms with Crippen LogP contribution in [0.1, 0.15) is 67.3 Å². The molecule has 1 atom stereocenters. The Morgan fingerprint density at radius 1 is 1.36 bits per heavy atom. The fraction of sp³-hybridized carbons (Fsp3) is 0.579. The highest BCUT2D eigenvalue weighted by Gasteiger charge is 2.28. The maximum atomic E-state index is 13.1. The van der Waals surface area contributed by atoms with E-state index in [9.17, 15) is 4.79 Å². The number of piperidine rings is 1. The fourth-order valence-electron chi connectivity index (χ4n) is 3.41. The number of carbonyl (C=O) groups is 1. The largest absolute Gasteiger partial charge is 0.337 e. The number of imidazole rings is 1. The molecule has 0 aliphatic carbocycles. The summed E-state index contributed by atoms with van der Waals surface area (Å²) in [6.07, 6.45) is 11.6. The average Bonchev–Trinajstić information content (AvgIpc) is 3.13. The summed E-state index contributed by atoms with van der Waals surface area (Å²) in [6, 6.07) is 0.271. The maximum Gasteiger partial charge on any atom is 0.257 e. The number of likely N-dealkylation sites (tertiary alicyclic amines) is 1. The molecule has 6 heteroatoms. The Labute approximate surface area is 149 Å². The Hall–Kier alpha value is -2.24. The molecule has 25 heavy (non-hydrogen) atoms. The Morgan fingerprint density at radius 2 is 2.20 bits per heavy atom. The number of amides is 1. The summed E-state index contributed by atoms with van der Waals surface area (Å²) in [4.78, 5) is 28.1. The summed E-state index contributed by atoms with van der Waals surface area (Å²) >= 11 is 0. The first-order valence-corrected chi connectivity index (χ1v) is 9.16. The Balaban J connectivity index is 1.74. The Bertz CT molecular complexity index is 711. The number of hydrogen-bond acceptors (Lipinski definition) is 4. The van der Waals surface area contributed by atoms with Gasteiger partial charge in [-0.15, -0.1) is 0 Å². The van der Waals surface area contributed by atoms with E-state index in [0.717, 1.165) is 43.9 Å². The first kappa shape index (κ1) is 17.6. The average molecular weight is 341 g/mol. The van der Waals surface area contributed by atoms with Crippen LogP contribution in [0.25, 0.3) is 0 Å². The van der Waals surface area contributed by atoms with E-state index in [1.807, 2.05) is 24.3 Å². The summed E-state index contributed by atoms with van der Waals surface area (Å²) in [5.74, 6) is 1.13. The molecular weight excluding hydrogens is 314 g/mol. The molecule has 1 aliphatic heterocycles.